The molecule has 0 amide bonds. The zero-order valence-electron chi connectivity index (χ0n) is 6.65. The van der Waals surface area contributed by atoms with Crippen LogP contribution in [0.15, 0.2) is 5.38 Å². The quantitative estimate of drug-likeness (QED) is 0.782. The van der Waals surface area contributed by atoms with Crippen molar-refractivity contribution in [1.29, 1.82) is 0 Å². The van der Waals surface area contributed by atoms with Gasteiger partial charge < -0.3 is 0 Å². The second kappa shape index (κ2) is 3.51. The van der Waals surface area contributed by atoms with Crippen molar-refractivity contribution in [3.63, 3.8) is 0 Å². The number of aromatic nitrogens is 1. The molecule has 0 atom stereocenters. The zero-order chi connectivity index (χ0) is 9.19. The van der Waals surface area contributed by atoms with Crippen molar-refractivity contribution in [1.82, 2.24) is 4.98 Å². The van der Waals surface area contributed by atoms with E-state index in [0.29, 0.717) is 5.01 Å². The van der Waals surface area contributed by atoms with Crippen LogP contribution in [0.4, 0.5) is 0 Å². The number of nitrogens with two attached hydrogens (primary N) is 1. The number of aryl methyl sites for hydroxylation is 1. The average molecular weight is 206 g/mol. The summed E-state index contributed by atoms with van der Waals surface area (Å²) in [6.07, 6.45) is 0.821. The maximum atomic E-state index is 10.6. The second-order valence-electron chi connectivity index (χ2n) is 2.39. The van der Waals surface area contributed by atoms with Gasteiger partial charge in [0.2, 0.25) is 10.0 Å². The molecular formula is C6H10N2O2S2. The highest BCUT2D eigenvalue weighted by Crippen LogP contribution is 2.11. The number of nitrogens with zero attached hydrogens (tertiary/aromatic N) is 1. The zero-order valence-corrected chi connectivity index (χ0v) is 8.28. The molecule has 0 spiro atoms. The molecule has 68 valence electrons. The minimum atomic E-state index is -3.42. The summed E-state index contributed by atoms with van der Waals surface area (Å²) in [5.41, 5.74) is 0.915. The SMILES string of the molecule is CCc1csc(CS(N)(=O)=O)n1. The molecule has 0 aromatic carbocycles. The first-order chi connectivity index (χ1) is 5.51. The van der Waals surface area contributed by atoms with Gasteiger partial charge in [-0.25, -0.2) is 18.5 Å². The van der Waals surface area contributed by atoms with Gasteiger partial charge in [-0.3, -0.25) is 0 Å². The van der Waals surface area contributed by atoms with Crippen LogP contribution in [0.3, 0.4) is 0 Å². The molecule has 0 aliphatic carbocycles. The fourth-order valence-electron chi connectivity index (χ4n) is 0.750. The molecule has 1 aromatic rings. The first kappa shape index (κ1) is 9.63. The van der Waals surface area contributed by atoms with E-state index in [1.165, 1.54) is 11.3 Å². The topological polar surface area (TPSA) is 73.1 Å². The molecule has 0 radical (unpaired) electrons. The number of hydrogen-bond donors (Lipinski definition) is 1. The van der Waals surface area contributed by atoms with Crippen LogP contribution < -0.4 is 5.14 Å². The Labute approximate surface area is 75.5 Å². The summed E-state index contributed by atoms with van der Waals surface area (Å²) < 4.78 is 21.3. The van der Waals surface area contributed by atoms with Crippen molar-refractivity contribution in [2.45, 2.75) is 19.1 Å². The van der Waals surface area contributed by atoms with E-state index < -0.39 is 10.0 Å². The standard InChI is InChI=1S/C6H10N2O2S2/c1-2-5-3-11-6(8-5)4-12(7,9)10/h3H,2,4H2,1H3,(H2,7,9,10). The predicted octanol–water partition coefficient (Wildman–Crippen LogP) is 0.494. The van der Waals surface area contributed by atoms with Gasteiger partial charge in [-0.05, 0) is 6.42 Å². The van der Waals surface area contributed by atoms with Crippen molar-refractivity contribution in [2.24, 2.45) is 5.14 Å². The lowest BCUT2D eigenvalue weighted by molar-refractivity contribution is 0.597. The van der Waals surface area contributed by atoms with Crippen LogP contribution in [-0.4, -0.2) is 13.4 Å². The van der Waals surface area contributed by atoms with Crippen LogP contribution in [0.5, 0.6) is 0 Å². The Morgan fingerprint density at radius 3 is 2.75 bits per heavy atom. The summed E-state index contributed by atoms with van der Waals surface area (Å²) in [6.45, 7) is 1.97. The lowest BCUT2D eigenvalue weighted by Crippen LogP contribution is -2.14. The summed E-state index contributed by atoms with van der Waals surface area (Å²) in [7, 11) is -3.42. The molecule has 6 heteroatoms. The number of rotatable bonds is 3. The van der Waals surface area contributed by atoms with E-state index in [1.54, 1.807) is 0 Å². The molecule has 1 heterocycles. The maximum Gasteiger partial charge on any atom is 0.215 e. The van der Waals surface area contributed by atoms with E-state index in [9.17, 15) is 8.42 Å². The van der Waals surface area contributed by atoms with E-state index >= 15 is 0 Å². The summed E-state index contributed by atoms with van der Waals surface area (Å²) >= 11 is 1.33. The van der Waals surface area contributed by atoms with Crippen molar-refractivity contribution in [3.05, 3.63) is 16.1 Å². The maximum absolute atomic E-state index is 10.6. The molecule has 0 saturated carbocycles. The summed E-state index contributed by atoms with van der Waals surface area (Å²) in [6, 6.07) is 0. The molecule has 2 N–H and O–H groups in total. The van der Waals surface area contributed by atoms with Gasteiger partial charge in [0.05, 0.1) is 5.69 Å². The third-order valence-corrected chi connectivity index (χ3v) is 3.04. The summed E-state index contributed by atoms with van der Waals surface area (Å²) in [5, 5.41) is 7.27. The third kappa shape index (κ3) is 2.88. The Morgan fingerprint density at radius 1 is 1.67 bits per heavy atom. The highest BCUT2D eigenvalue weighted by molar-refractivity contribution is 7.88. The lowest BCUT2D eigenvalue weighted by atomic mass is 10.4. The van der Waals surface area contributed by atoms with Gasteiger partial charge in [0.25, 0.3) is 0 Å². The largest absolute Gasteiger partial charge is 0.245 e. The van der Waals surface area contributed by atoms with E-state index in [1.807, 2.05) is 12.3 Å². The van der Waals surface area contributed by atoms with Gasteiger partial charge in [0, 0.05) is 5.38 Å². The fraction of sp³-hybridized carbons (Fsp3) is 0.500. The molecule has 0 fully saturated rings. The Morgan fingerprint density at radius 2 is 2.33 bits per heavy atom. The molecule has 0 aliphatic rings. The molecule has 0 unspecified atom stereocenters. The van der Waals surface area contributed by atoms with E-state index in [-0.39, 0.29) is 5.75 Å². The van der Waals surface area contributed by atoms with Gasteiger partial charge in [-0.2, -0.15) is 0 Å². The molecule has 4 nitrogen and oxygen atoms in total. The predicted molar refractivity (Wildman–Crippen MR) is 48.3 cm³/mol. The van der Waals surface area contributed by atoms with Crippen molar-refractivity contribution in [2.75, 3.05) is 0 Å². The molecule has 0 aliphatic heterocycles. The van der Waals surface area contributed by atoms with E-state index in [0.717, 1.165) is 12.1 Å². The Hall–Kier alpha value is -0.460. The minimum Gasteiger partial charge on any atom is -0.245 e. The molecule has 1 rings (SSSR count). The van der Waals surface area contributed by atoms with Gasteiger partial charge in [-0.1, -0.05) is 6.92 Å². The molecular weight excluding hydrogens is 196 g/mol. The van der Waals surface area contributed by atoms with Crippen LogP contribution in [0.1, 0.15) is 17.6 Å². The van der Waals surface area contributed by atoms with Gasteiger partial charge in [0.15, 0.2) is 0 Å². The first-order valence-electron chi connectivity index (χ1n) is 3.45. The highest BCUT2D eigenvalue weighted by Gasteiger charge is 2.08. The molecule has 12 heavy (non-hydrogen) atoms. The number of hydrogen-bond acceptors (Lipinski definition) is 4. The van der Waals surface area contributed by atoms with Crippen LogP contribution in [0.25, 0.3) is 0 Å². The highest BCUT2D eigenvalue weighted by atomic mass is 32.2. The van der Waals surface area contributed by atoms with E-state index in [4.69, 9.17) is 5.14 Å². The Kier molecular flexibility index (Phi) is 2.81. The normalized spacial score (nSPS) is 11.8. The molecule has 0 saturated heterocycles. The van der Waals surface area contributed by atoms with Crippen LogP contribution in [0, 0.1) is 0 Å². The average Bonchev–Trinajstić information content (AvgIpc) is 2.32. The van der Waals surface area contributed by atoms with E-state index in [2.05, 4.69) is 4.98 Å². The Bertz CT molecular complexity index is 355. The number of sulfonamides is 1. The number of primary sulfonamides is 1. The summed E-state index contributed by atoms with van der Waals surface area (Å²) in [5.74, 6) is -0.155. The monoisotopic (exact) mass is 206 g/mol. The first-order valence-corrected chi connectivity index (χ1v) is 6.04. The van der Waals surface area contributed by atoms with Gasteiger partial charge in [-0.15, -0.1) is 11.3 Å². The summed E-state index contributed by atoms with van der Waals surface area (Å²) in [4.78, 5) is 4.07. The Balaban J connectivity index is 2.78. The van der Waals surface area contributed by atoms with Crippen LogP contribution >= 0.6 is 11.3 Å². The van der Waals surface area contributed by atoms with Crippen molar-refractivity contribution >= 4 is 21.4 Å². The van der Waals surface area contributed by atoms with Crippen molar-refractivity contribution in [3.8, 4) is 0 Å². The lowest BCUT2D eigenvalue weighted by Gasteiger charge is -1.91. The third-order valence-electron chi connectivity index (χ3n) is 1.29. The molecule has 0 bridgehead atoms. The fourth-order valence-corrected chi connectivity index (χ4v) is 2.58. The van der Waals surface area contributed by atoms with Crippen LogP contribution in [0.2, 0.25) is 0 Å². The van der Waals surface area contributed by atoms with Gasteiger partial charge in [0.1, 0.15) is 10.8 Å². The number of thiazole rings is 1. The van der Waals surface area contributed by atoms with Gasteiger partial charge >= 0.3 is 0 Å². The minimum absolute atomic E-state index is 0.155. The van der Waals surface area contributed by atoms with Crippen LogP contribution in [-0.2, 0) is 22.2 Å². The second-order valence-corrected chi connectivity index (χ2v) is 4.95. The van der Waals surface area contributed by atoms with Crippen molar-refractivity contribution < 1.29 is 8.42 Å². The smallest absolute Gasteiger partial charge is 0.215 e. The molecule has 1 aromatic heterocycles.